The third-order valence-electron chi connectivity index (χ3n) is 3.89. The summed E-state index contributed by atoms with van der Waals surface area (Å²) >= 11 is 6.17. The molecule has 1 aliphatic rings. The second kappa shape index (κ2) is 8.00. The lowest BCUT2D eigenvalue weighted by molar-refractivity contribution is -0.286. The SMILES string of the molecule is C=C/C(=C\N=C(/C)NC(=O)c1ccc(C)nc1)c1cc2c(cc1Cl)OC(F)(F)O2. The lowest BCUT2D eigenvalue weighted by Gasteiger charge is -2.07. The molecule has 1 amide bonds. The van der Waals surface area contributed by atoms with Crippen molar-refractivity contribution >= 4 is 28.9 Å². The van der Waals surface area contributed by atoms with Crippen LogP contribution in [0.3, 0.4) is 0 Å². The Hall–Kier alpha value is -3.26. The van der Waals surface area contributed by atoms with Crippen molar-refractivity contribution in [2.75, 3.05) is 0 Å². The lowest BCUT2D eigenvalue weighted by atomic mass is 10.1. The van der Waals surface area contributed by atoms with E-state index in [-0.39, 0.29) is 22.4 Å². The van der Waals surface area contributed by atoms with Crippen LogP contribution in [0.5, 0.6) is 11.5 Å². The average Bonchev–Trinajstić information content (AvgIpc) is 2.95. The number of hydrogen-bond acceptors (Lipinski definition) is 5. The molecule has 150 valence electrons. The van der Waals surface area contributed by atoms with Gasteiger partial charge in [-0.1, -0.05) is 24.3 Å². The van der Waals surface area contributed by atoms with Crippen molar-refractivity contribution in [2.45, 2.75) is 20.1 Å². The molecule has 1 N–H and O–H groups in total. The van der Waals surface area contributed by atoms with Crippen LogP contribution < -0.4 is 14.8 Å². The quantitative estimate of drug-likeness (QED) is 0.441. The van der Waals surface area contributed by atoms with Gasteiger partial charge in [-0.3, -0.25) is 9.78 Å². The molecule has 0 fully saturated rings. The van der Waals surface area contributed by atoms with Crippen LogP contribution in [0.25, 0.3) is 5.57 Å². The Morgan fingerprint density at radius 3 is 2.62 bits per heavy atom. The van der Waals surface area contributed by atoms with Gasteiger partial charge in [0.15, 0.2) is 11.5 Å². The number of pyridine rings is 1. The van der Waals surface area contributed by atoms with Gasteiger partial charge in [-0.15, -0.1) is 8.78 Å². The second-order valence-electron chi connectivity index (χ2n) is 6.09. The first-order valence-corrected chi connectivity index (χ1v) is 8.77. The molecular weight excluding hydrogens is 404 g/mol. The number of fused-ring (bicyclic) bond motifs is 1. The van der Waals surface area contributed by atoms with E-state index in [4.69, 9.17) is 11.6 Å². The number of carbonyl (C=O) groups is 1. The first-order chi connectivity index (χ1) is 13.7. The number of aryl methyl sites for hydroxylation is 1. The highest BCUT2D eigenvalue weighted by molar-refractivity contribution is 6.32. The summed E-state index contributed by atoms with van der Waals surface area (Å²) in [6, 6.07) is 5.92. The van der Waals surface area contributed by atoms with Crippen LogP contribution in [0.2, 0.25) is 5.02 Å². The molecule has 9 heteroatoms. The number of benzene rings is 1. The number of rotatable bonds is 4. The molecule has 2 heterocycles. The Bertz CT molecular complexity index is 1030. The number of hydrogen-bond donors (Lipinski definition) is 1. The number of aromatic nitrogens is 1. The van der Waals surface area contributed by atoms with E-state index in [0.717, 1.165) is 5.69 Å². The van der Waals surface area contributed by atoms with Gasteiger partial charge in [-0.2, -0.15) is 0 Å². The van der Waals surface area contributed by atoms with Crippen LogP contribution in [0.1, 0.15) is 28.5 Å². The molecule has 2 aromatic rings. The zero-order valence-corrected chi connectivity index (χ0v) is 16.3. The number of amidine groups is 1. The second-order valence-corrected chi connectivity index (χ2v) is 6.50. The number of allylic oxidation sites excluding steroid dienone is 2. The van der Waals surface area contributed by atoms with Crippen molar-refractivity contribution in [2.24, 2.45) is 4.99 Å². The van der Waals surface area contributed by atoms with Gasteiger partial charge in [0, 0.05) is 35.3 Å². The highest BCUT2D eigenvalue weighted by atomic mass is 35.5. The van der Waals surface area contributed by atoms with Gasteiger partial charge >= 0.3 is 6.29 Å². The Balaban J connectivity index is 1.80. The maximum atomic E-state index is 13.2. The lowest BCUT2D eigenvalue weighted by Crippen LogP contribution is -2.28. The topological polar surface area (TPSA) is 72.8 Å². The predicted molar refractivity (Wildman–Crippen MR) is 105 cm³/mol. The van der Waals surface area contributed by atoms with E-state index in [1.165, 1.54) is 30.6 Å². The molecule has 0 bridgehead atoms. The van der Waals surface area contributed by atoms with Crippen molar-refractivity contribution in [1.82, 2.24) is 10.3 Å². The fraction of sp³-hybridized carbons (Fsp3) is 0.150. The summed E-state index contributed by atoms with van der Waals surface area (Å²) in [6.45, 7) is 7.10. The molecule has 0 unspecified atom stereocenters. The zero-order valence-electron chi connectivity index (χ0n) is 15.5. The van der Waals surface area contributed by atoms with E-state index in [1.807, 2.05) is 6.92 Å². The molecule has 1 aromatic carbocycles. The summed E-state index contributed by atoms with van der Waals surface area (Å²) < 4.78 is 35.3. The Morgan fingerprint density at radius 2 is 2.00 bits per heavy atom. The van der Waals surface area contributed by atoms with Gasteiger partial charge in [0.05, 0.1) is 10.6 Å². The molecule has 0 saturated carbocycles. The van der Waals surface area contributed by atoms with Crippen LogP contribution in [0.15, 0.2) is 54.3 Å². The predicted octanol–water partition coefficient (Wildman–Crippen LogP) is 4.74. The summed E-state index contributed by atoms with van der Waals surface area (Å²) in [6.07, 6.45) is 0.568. The molecule has 0 radical (unpaired) electrons. The maximum Gasteiger partial charge on any atom is 0.586 e. The van der Waals surface area contributed by atoms with E-state index in [2.05, 4.69) is 31.3 Å². The molecule has 1 aromatic heterocycles. The van der Waals surface area contributed by atoms with E-state index < -0.39 is 6.29 Å². The molecule has 3 rings (SSSR count). The van der Waals surface area contributed by atoms with Crippen molar-refractivity contribution < 1.29 is 23.0 Å². The largest absolute Gasteiger partial charge is 0.586 e. The number of aliphatic imine (C=N–C) groups is 1. The van der Waals surface area contributed by atoms with Gasteiger partial charge < -0.3 is 14.8 Å². The minimum atomic E-state index is -3.74. The minimum Gasteiger partial charge on any atom is -0.395 e. The number of ether oxygens (including phenoxy) is 2. The first kappa shape index (κ1) is 20.5. The van der Waals surface area contributed by atoms with E-state index in [0.29, 0.717) is 22.5 Å². The van der Waals surface area contributed by atoms with Gasteiger partial charge in [-0.25, -0.2) is 4.99 Å². The molecule has 6 nitrogen and oxygen atoms in total. The van der Waals surface area contributed by atoms with Crippen LogP contribution in [0, 0.1) is 6.92 Å². The van der Waals surface area contributed by atoms with E-state index >= 15 is 0 Å². The summed E-state index contributed by atoms with van der Waals surface area (Å²) in [4.78, 5) is 20.4. The fourth-order valence-electron chi connectivity index (χ4n) is 2.46. The van der Waals surface area contributed by atoms with Crippen LogP contribution in [-0.2, 0) is 0 Å². The molecule has 1 aliphatic heterocycles. The van der Waals surface area contributed by atoms with E-state index in [9.17, 15) is 13.6 Å². The number of carbonyl (C=O) groups excluding carboxylic acids is 1. The summed E-state index contributed by atoms with van der Waals surface area (Å²) in [5, 5.41) is 2.78. The summed E-state index contributed by atoms with van der Waals surface area (Å²) in [5.41, 5.74) is 1.98. The number of nitrogens with one attached hydrogen (secondary N) is 1. The number of nitrogens with zero attached hydrogens (tertiary/aromatic N) is 2. The monoisotopic (exact) mass is 419 g/mol. The van der Waals surface area contributed by atoms with Crippen molar-refractivity contribution in [3.05, 3.63) is 71.2 Å². The van der Waals surface area contributed by atoms with Crippen molar-refractivity contribution in [3.8, 4) is 11.5 Å². The normalized spacial score (nSPS) is 15.2. The van der Waals surface area contributed by atoms with Crippen molar-refractivity contribution in [1.29, 1.82) is 0 Å². The highest BCUT2D eigenvalue weighted by Gasteiger charge is 2.43. The zero-order chi connectivity index (χ0) is 21.2. The number of alkyl halides is 2. The third-order valence-corrected chi connectivity index (χ3v) is 4.20. The third kappa shape index (κ3) is 4.78. The van der Waals surface area contributed by atoms with Gasteiger partial charge in [0.2, 0.25) is 0 Å². The maximum absolute atomic E-state index is 13.2. The van der Waals surface area contributed by atoms with Crippen LogP contribution in [-0.4, -0.2) is 23.0 Å². The molecule has 0 saturated heterocycles. The smallest absolute Gasteiger partial charge is 0.395 e. The summed E-state index contributed by atoms with van der Waals surface area (Å²) in [7, 11) is 0. The Labute approximate surface area is 170 Å². The minimum absolute atomic E-state index is 0.150. The van der Waals surface area contributed by atoms with Crippen LogP contribution >= 0.6 is 11.6 Å². The average molecular weight is 420 g/mol. The number of amides is 1. The number of halogens is 3. The highest BCUT2D eigenvalue weighted by Crippen LogP contribution is 2.45. The van der Waals surface area contributed by atoms with Crippen molar-refractivity contribution in [3.63, 3.8) is 0 Å². The van der Waals surface area contributed by atoms with Crippen LogP contribution in [0.4, 0.5) is 8.78 Å². The molecule has 29 heavy (non-hydrogen) atoms. The van der Waals surface area contributed by atoms with Gasteiger partial charge in [0.25, 0.3) is 5.91 Å². The van der Waals surface area contributed by atoms with Gasteiger partial charge in [-0.05, 0) is 32.0 Å². The Kier molecular flexibility index (Phi) is 5.65. The molecular formula is C20H16ClF2N3O3. The van der Waals surface area contributed by atoms with Gasteiger partial charge in [0.1, 0.15) is 5.84 Å². The fourth-order valence-corrected chi connectivity index (χ4v) is 2.72. The molecule has 0 atom stereocenters. The molecule has 0 aliphatic carbocycles. The standard InChI is InChI=1S/C20H16ClF2N3O3/c1-4-13(15-7-17-18(8-16(15)21)29-20(22,23)28-17)9-25-12(3)26-19(27)14-6-5-11(2)24-10-14/h4-10H,1H2,2-3H3,(H,25,26,27)/b13-9+. The Morgan fingerprint density at radius 1 is 1.31 bits per heavy atom. The first-order valence-electron chi connectivity index (χ1n) is 8.39. The summed E-state index contributed by atoms with van der Waals surface area (Å²) in [5.74, 6) is -0.372. The van der Waals surface area contributed by atoms with E-state index in [1.54, 1.807) is 19.1 Å². The molecule has 0 spiro atoms.